The molecule has 2 rings (SSSR count). The normalized spacial score (nSPS) is 10.5. The third-order valence-corrected chi connectivity index (χ3v) is 3.03. The molecule has 0 aliphatic rings. The van der Waals surface area contributed by atoms with Crippen molar-refractivity contribution in [3.8, 4) is 11.5 Å². The molecule has 0 heterocycles. The first-order valence-corrected chi connectivity index (χ1v) is 5.63. The fourth-order valence-corrected chi connectivity index (χ4v) is 1.96. The summed E-state index contributed by atoms with van der Waals surface area (Å²) < 4.78 is 0. The van der Waals surface area contributed by atoms with Gasteiger partial charge < -0.3 is 10.2 Å². The van der Waals surface area contributed by atoms with Crippen LogP contribution in [0.1, 0.15) is 22.3 Å². The summed E-state index contributed by atoms with van der Waals surface area (Å²) in [5.74, 6) is 0.599. The second kappa shape index (κ2) is 4.50. The predicted molar refractivity (Wildman–Crippen MR) is 68.5 cm³/mol. The van der Waals surface area contributed by atoms with Crippen LogP contribution in [0.25, 0.3) is 0 Å². The average molecular weight is 228 g/mol. The van der Waals surface area contributed by atoms with Gasteiger partial charge in [-0.15, -0.1) is 0 Å². The van der Waals surface area contributed by atoms with Crippen molar-refractivity contribution in [3.05, 3.63) is 58.7 Å². The molecule has 0 spiro atoms. The van der Waals surface area contributed by atoms with Crippen molar-refractivity contribution in [3.63, 3.8) is 0 Å². The predicted octanol–water partition coefficient (Wildman–Crippen LogP) is 3.31. The number of rotatable bonds is 2. The van der Waals surface area contributed by atoms with Gasteiger partial charge >= 0.3 is 0 Å². The second-order valence-corrected chi connectivity index (χ2v) is 4.40. The van der Waals surface area contributed by atoms with Crippen molar-refractivity contribution in [1.29, 1.82) is 0 Å². The van der Waals surface area contributed by atoms with Crippen LogP contribution < -0.4 is 0 Å². The molecule has 0 radical (unpaired) electrons. The first-order valence-electron chi connectivity index (χ1n) is 5.63. The molecule has 2 heteroatoms. The van der Waals surface area contributed by atoms with Crippen LogP contribution in [0, 0.1) is 13.8 Å². The van der Waals surface area contributed by atoms with E-state index in [9.17, 15) is 10.2 Å². The van der Waals surface area contributed by atoms with Crippen LogP contribution >= 0.6 is 0 Å². The highest BCUT2D eigenvalue weighted by molar-refractivity contribution is 5.41. The second-order valence-electron chi connectivity index (χ2n) is 4.40. The summed E-state index contributed by atoms with van der Waals surface area (Å²) in [7, 11) is 0. The number of hydrogen-bond acceptors (Lipinski definition) is 2. The molecule has 0 unspecified atom stereocenters. The highest BCUT2D eigenvalue weighted by Gasteiger charge is 2.04. The van der Waals surface area contributed by atoms with Crippen molar-refractivity contribution in [2.75, 3.05) is 0 Å². The van der Waals surface area contributed by atoms with Crippen LogP contribution in [-0.2, 0) is 6.42 Å². The maximum atomic E-state index is 9.36. The smallest absolute Gasteiger partial charge is 0.115 e. The Labute approximate surface area is 101 Å². The van der Waals surface area contributed by atoms with Crippen LogP contribution in [0.5, 0.6) is 11.5 Å². The molecule has 0 aromatic heterocycles. The summed E-state index contributed by atoms with van der Waals surface area (Å²) in [6.45, 7) is 3.98. The quantitative estimate of drug-likeness (QED) is 0.828. The van der Waals surface area contributed by atoms with Gasteiger partial charge in [-0.05, 0) is 66.8 Å². The van der Waals surface area contributed by atoms with Gasteiger partial charge in [-0.3, -0.25) is 0 Å². The summed E-state index contributed by atoms with van der Waals surface area (Å²) in [5, 5.41) is 18.7. The van der Waals surface area contributed by atoms with E-state index in [0.29, 0.717) is 11.5 Å². The van der Waals surface area contributed by atoms with Gasteiger partial charge in [0.25, 0.3) is 0 Å². The first-order chi connectivity index (χ1) is 8.06. The molecular formula is C15H16O2. The number of benzene rings is 2. The molecule has 0 amide bonds. The van der Waals surface area contributed by atoms with Gasteiger partial charge in [0, 0.05) is 0 Å². The van der Waals surface area contributed by atoms with Gasteiger partial charge in [-0.25, -0.2) is 0 Å². The third kappa shape index (κ3) is 2.59. The lowest BCUT2D eigenvalue weighted by molar-refractivity contribution is 0.474. The maximum Gasteiger partial charge on any atom is 0.115 e. The minimum absolute atomic E-state index is 0.300. The van der Waals surface area contributed by atoms with E-state index in [4.69, 9.17) is 0 Å². The Morgan fingerprint density at radius 2 is 1.18 bits per heavy atom. The SMILES string of the molecule is Cc1cc(O)ccc1Cc1ccc(O)cc1C. The molecule has 0 saturated carbocycles. The molecule has 0 fully saturated rings. The zero-order chi connectivity index (χ0) is 12.4. The minimum atomic E-state index is 0.300. The molecule has 0 aliphatic heterocycles. The van der Waals surface area contributed by atoms with Gasteiger partial charge in [-0.1, -0.05) is 12.1 Å². The minimum Gasteiger partial charge on any atom is -0.508 e. The Morgan fingerprint density at radius 1 is 0.765 bits per heavy atom. The molecule has 0 bridgehead atoms. The van der Waals surface area contributed by atoms with Crippen LogP contribution in [0.4, 0.5) is 0 Å². The van der Waals surface area contributed by atoms with E-state index in [-0.39, 0.29) is 0 Å². The highest BCUT2D eigenvalue weighted by Crippen LogP contribution is 2.22. The van der Waals surface area contributed by atoms with E-state index in [0.717, 1.165) is 17.5 Å². The summed E-state index contributed by atoms with van der Waals surface area (Å²) in [5.41, 5.74) is 4.54. The zero-order valence-corrected chi connectivity index (χ0v) is 10.1. The fraction of sp³-hybridized carbons (Fsp3) is 0.200. The lowest BCUT2D eigenvalue weighted by atomic mass is 9.97. The molecule has 2 nitrogen and oxygen atoms in total. The number of aromatic hydroxyl groups is 2. The van der Waals surface area contributed by atoms with Crippen molar-refractivity contribution < 1.29 is 10.2 Å². The van der Waals surface area contributed by atoms with E-state index >= 15 is 0 Å². The molecule has 0 aliphatic carbocycles. The first kappa shape index (κ1) is 11.5. The van der Waals surface area contributed by atoms with Gasteiger partial charge in [0.15, 0.2) is 0 Å². The van der Waals surface area contributed by atoms with Gasteiger partial charge in [-0.2, -0.15) is 0 Å². The van der Waals surface area contributed by atoms with E-state index < -0.39 is 0 Å². The largest absolute Gasteiger partial charge is 0.508 e. The Balaban J connectivity index is 2.31. The molecule has 0 saturated heterocycles. The average Bonchev–Trinajstić information content (AvgIpc) is 2.25. The summed E-state index contributed by atoms with van der Waals surface area (Å²) >= 11 is 0. The fourth-order valence-electron chi connectivity index (χ4n) is 1.96. The number of phenols is 2. The maximum absolute atomic E-state index is 9.36. The van der Waals surface area contributed by atoms with Gasteiger partial charge in [0.1, 0.15) is 11.5 Å². The van der Waals surface area contributed by atoms with E-state index in [1.54, 1.807) is 24.3 Å². The van der Waals surface area contributed by atoms with Crippen molar-refractivity contribution in [2.45, 2.75) is 20.3 Å². The Hall–Kier alpha value is -1.96. The lowest BCUT2D eigenvalue weighted by Gasteiger charge is -2.09. The van der Waals surface area contributed by atoms with Crippen molar-refractivity contribution in [1.82, 2.24) is 0 Å². The summed E-state index contributed by atoms with van der Waals surface area (Å²) in [6, 6.07) is 10.8. The Bertz CT molecular complexity index is 495. The molecule has 88 valence electrons. The topological polar surface area (TPSA) is 40.5 Å². The van der Waals surface area contributed by atoms with Crippen molar-refractivity contribution in [2.24, 2.45) is 0 Å². The summed E-state index contributed by atoms with van der Waals surface area (Å²) in [4.78, 5) is 0. The van der Waals surface area contributed by atoms with Gasteiger partial charge in [0.05, 0.1) is 0 Å². The zero-order valence-electron chi connectivity index (χ0n) is 10.1. The van der Waals surface area contributed by atoms with E-state index in [2.05, 4.69) is 0 Å². The molecular weight excluding hydrogens is 212 g/mol. The van der Waals surface area contributed by atoms with E-state index in [1.165, 1.54) is 11.1 Å². The van der Waals surface area contributed by atoms with Crippen LogP contribution in [-0.4, -0.2) is 10.2 Å². The van der Waals surface area contributed by atoms with Crippen LogP contribution in [0.2, 0.25) is 0 Å². The standard InChI is InChI=1S/C15H16O2/c1-10-7-14(16)5-3-12(10)9-13-4-6-15(17)8-11(13)2/h3-8,16-17H,9H2,1-2H3. The lowest BCUT2D eigenvalue weighted by Crippen LogP contribution is -1.94. The van der Waals surface area contributed by atoms with Crippen LogP contribution in [0.15, 0.2) is 36.4 Å². The molecule has 17 heavy (non-hydrogen) atoms. The monoisotopic (exact) mass is 228 g/mol. The summed E-state index contributed by atoms with van der Waals surface area (Å²) in [6.07, 6.45) is 0.818. The van der Waals surface area contributed by atoms with Gasteiger partial charge in [0.2, 0.25) is 0 Å². The molecule has 2 N–H and O–H groups in total. The molecule has 2 aromatic carbocycles. The van der Waals surface area contributed by atoms with Crippen LogP contribution in [0.3, 0.4) is 0 Å². The van der Waals surface area contributed by atoms with E-state index in [1.807, 2.05) is 26.0 Å². The van der Waals surface area contributed by atoms with Crippen molar-refractivity contribution >= 4 is 0 Å². The Morgan fingerprint density at radius 3 is 1.53 bits per heavy atom. The molecule has 0 atom stereocenters. The number of aryl methyl sites for hydroxylation is 2. The highest BCUT2D eigenvalue weighted by atomic mass is 16.3. The third-order valence-electron chi connectivity index (χ3n) is 3.03. The number of hydrogen-bond donors (Lipinski definition) is 2. The molecule has 2 aromatic rings. The Kier molecular flexibility index (Phi) is 3.05. The number of phenolic OH excluding ortho intramolecular Hbond substituents is 2.